The number of hydrogen-bond donors (Lipinski definition) is 2. The first kappa shape index (κ1) is 14.4. The molecule has 1 aliphatic rings. The second-order valence-corrected chi connectivity index (χ2v) is 5.59. The average molecular weight is 281 g/mol. The summed E-state index contributed by atoms with van der Waals surface area (Å²) in [5, 5.41) is 6.97. The lowest BCUT2D eigenvalue weighted by Crippen LogP contribution is -2.36. The van der Waals surface area contributed by atoms with Crippen LogP contribution in [0.3, 0.4) is 0 Å². The maximum Gasteiger partial charge on any atom is 0.234 e. The van der Waals surface area contributed by atoms with E-state index in [1.165, 1.54) is 12.8 Å². The lowest BCUT2D eigenvalue weighted by Gasteiger charge is -2.17. The molecule has 0 aliphatic heterocycles. The number of amides is 1. The van der Waals surface area contributed by atoms with E-state index in [4.69, 9.17) is 11.6 Å². The van der Waals surface area contributed by atoms with Crippen molar-refractivity contribution in [2.75, 3.05) is 13.1 Å². The van der Waals surface area contributed by atoms with Gasteiger partial charge in [0.15, 0.2) is 0 Å². The highest BCUT2D eigenvalue weighted by Crippen LogP contribution is 2.27. The third kappa shape index (κ3) is 4.84. The quantitative estimate of drug-likeness (QED) is 0.806. The Balaban J connectivity index is 1.79. The number of halogens is 1. The van der Waals surface area contributed by atoms with Gasteiger partial charge in [-0.3, -0.25) is 4.79 Å². The average Bonchev–Trinajstić information content (AvgIpc) is 3.21. The summed E-state index contributed by atoms with van der Waals surface area (Å²) in [6, 6.07) is 7.71. The summed E-state index contributed by atoms with van der Waals surface area (Å²) in [7, 11) is 0. The molecule has 1 amide bonds. The highest BCUT2D eigenvalue weighted by Gasteiger charge is 2.21. The van der Waals surface area contributed by atoms with Gasteiger partial charge in [-0.25, -0.2) is 0 Å². The molecule has 2 rings (SSSR count). The van der Waals surface area contributed by atoms with E-state index in [9.17, 15) is 4.79 Å². The van der Waals surface area contributed by atoms with Crippen molar-refractivity contribution >= 4 is 17.5 Å². The molecule has 3 nitrogen and oxygen atoms in total. The Morgan fingerprint density at radius 3 is 2.63 bits per heavy atom. The lowest BCUT2D eigenvalue weighted by atomic mass is 10.0. The molecule has 2 N–H and O–H groups in total. The van der Waals surface area contributed by atoms with Crippen molar-refractivity contribution in [3.8, 4) is 0 Å². The smallest absolute Gasteiger partial charge is 0.234 e. The zero-order valence-electron chi connectivity index (χ0n) is 11.3. The van der Waals surface area contributed by atoms with Gasteiger partial charge in [0.2, 0.25) is 5.91 Å². The number of hydrogen-bond acceptors (Lipinski definition) is 2. The Hall–Kier alpha value is -1.06. The van der Waals surface area contributed by atoms with Gasteiger partial charge in [-0.15, -0.1) is 0 Å². The molecular weight excluding hydrogens is 260 g/mol. The van der Waals surface area contributed by atoms with E-state index in [0.29, 0.717) is 6.54 Å². The van der Waals surface area contributed by atoms with Crippen molar-refractivity contribution in [1.82, 2.24) is 10.6 Å². The number of benzene rings is 1. The zero-order chi connectivity index (χ0) is 13.7. The standard InChI is InChI=1S/C15H21ClN2O/c1-2-14(12-5-7-13(16)8-6-12)18-15(19)10-17-9-11-3-4-11/h5-8,11,14,17H,2-4,9-10H2,1H3,(H,18,19). The number of rotatable bonds is 7. The van der Waals surface area contributed by atoms with E-state index in [-0.39, 0.29) is 11.9 Å². The van der Waals surface area contributed by atoms with Crippen LogP contribution in [0.25, 0.3) is 0 Å². The summed E-state index contributed by atoms with van der Waals surface area (Å²) >= 11 is 5.87. The van der Waals surface area contributed by atoms with Crippen LogP contribution in [0.1, 0.15) is 37.8 Å². The van der Waals surface area contributed by atoms with Crippen LogP contribution in [0.5, 0.6) is 0 Å². The first-order chi connectivity index (χ1) is 9.19. The van der Waals surface area contributed by atoms with Crippen LogP contribution in [0.4, 0.5) is 0 Å². The molecular formula is C15H21ClN2O. The minimum Gasteiger partial charge on any atom is -0.348 e. The van der Waals surface area contributed by atoms with E-state index >= 15 is 0 Å². The van der Waals surface area contributed by atoms with Gasteiger partial charge in [0.05, 0.1) is 12.6 Å². The van der Waals surface area contributed by atoms with Crippen molar-refractivity contribution in [3.05, 3.63) is 34.9 Å². The molecule has 0 radical (unpaired) electrons. The molecule has 1 aliphatic carbocycles. The summed E-state index contributed by atoms with van der Waals surface area (Å²) in [5.74, 6) is 0.855. The largest absolute Gasteiger partial charge is 0.348 e. The van der Waals surface area contributed by atoms with Crippen LogP contribution < -0.4 is 10.6 Å². The molecule has 1 fully saturated rings. The third-order valence-electron chi connectivity index (χ3n) is 3.43. The number of nitrogens with one attached hydrogen (secondary N) is 2. The third-order valence-corrected chi connectivity index (χ3v) is 3.68. The fraction of sp³-hybridized carbons (Fsp3) is 0.533. The molecule has 1 aromatic carbocycles. The van der Waals surface area contributed by atoms with E-state index in [1.807, 2.05) is 24.3 Å². The van der Waals surface area contributed by atoms with Gasteiger partial charge < -0.3 is 10.6 Å². The zero-order valence-corrected chi connectivity index (χ0v) is 12.0. The molecule has 104 valence electrons. The normalized spacial score (nSPS) is 16.1. The van der Waals surface area contributed by atoms with E-state index < -0.39 is 0 Å². The van der Waals surface area contributed by atoms with Gasteiger partial charge in [0.25, 0.3) is 0 Å². The van der Waals surface area contributed by atoms with Crippen LogP contribution >= 0.6 is 11.6 Å². The molecule has 1 unspecified atom stereocenters. The van der Waals surface area contributed by atoms with E-state index in [0.717, 1.165) is 29.5 Å². The number of carbonyl (C=O) groups is 1. The Kier molecular flexibility index (Phi) is 5.23. The minimum absolute atomic E-state index is 0.0578. The second kappa shape index (κ2) is 6.92. The molecule has 1 atom stereocenters. The van der Waals surface area contributed by atoms with E-state index in [1.54, 1.807) is 0 Å². The van der Waals surface area contributed by atoms with Crippen LogP contribution in [0.15, 0.2) is 24.3 Å². The van der Waals surface area contributed by atoms with Crippen molar-refractivity contribution in [3.63, 3.8) is 0 Å². The highest BCUT2D eigenvalue weighted by molar-refractivity contribution is 6.30. The van der Waals surface area contributed by atoms with Gasteiger partial charge in [-0.1, -0.05) is 30.7 Å². The Morgan fingerprint density at radius 1 is 1.37 bits per heavy atom. The molecule has 0 bridgehead atoms. The lowest BCUT2D eigenvalue weighted by molar-refractivity contribution is -0.121. The maximum atomic E-state index is 11.9. The fourth-order valence-electron chi connectivity index (χ4n) is 2.07. The van der Waals surface area contributed by atoms with E-state index in [2.05, 4.69) is 17.6 Å². The Morgan fingerprint density at radius 2 is 2.05 bits per heavy atom. The predicted molar refractivity (Wildman–Crippen MR) is 78.2 cm³/mol. The molecule has 0 aromatic heterocycles. The highest BCUT2D eigenvalue weighted by atomic mass is 35.5. The summed E-state index contributed by atoms with van der Waals surface area (Å²) in [4.78, 5) is 11.9. The summed E-state index contributed by atoms with van der Waals surface area (Å²) in [5.41, 5.74) is 1.10. The van der Waals surface area contributed by atoms with Crippen LogP contribution in [0.2, 0.25) is 5.02 Å². The maximum absolute atomic E-state index is 11.9. The molecule has 0 saturated heterocycles. The second-order valence-electron chi connectivity index (χ2n) is 5.15. The topological polar surface area (TPSA) is 41.1 Å². The molecule has 19 heavy (non-hydrogen) atoms. The Labute approximate surface area is 119 Å². The van der Waals surface area contributed by atoms with Crippen LogP contribution in [-0.4, -0.2) is 19.0 Å². The van der Waals surface area contributed by atoms with Crippen LogP contribution in [-0.2, 0) is 4.79 Å². The molecule has 0 heterocycles. The molecule has 4 heteroatoms. The van der Waals surface area contributed by atoms with Crippen molar-refractivity contribution in [1.29, 1.82) is 0 Å². The van der Waals surface area contributed by atoms with Gasteiger partial charge in [0.1, 0.15) is 0 Å². The van der Waals surface area contributed by atoms with Crippen molar-refractivity contribution < 1.29 is 4.79 Å². The molecule has 1 aromatic rings. The molecule has 1 saturated carbocycles. The van der Waals surface area contributed by atoms with Gasteiger partial charge in [0, 0.05) is 5.02 Å². The van der Waals surface area contributed by atoms with Gasteiger partial charge in [-0.2, -0.15) is 0 Å². The summed E-state index contributed by atoms with van der Waals surface area (Å²) in [6.45, 7) is 3.43. The Bertz CT molecular complexity index is 415. The fourth-order valence-corrected chi connectivity index (χ4v) is 2.20. The summed E-state index contributed by atoms with van der Waals surface area (Å²) in [6.07, 6.45) is 3.48. The van der Waals surface area contributed by atoms with Gasteiger partial charge >= 0.3 is 0 Å². The van der Waals surface area contributed by atoms with Crippen molar-refractivity contribution in [2.45, 2.75) is 32.2 Å². The predicted octanol–water partition coefficient (Wildman–Crippen LogP) is 2.91. The van der Waals surface area contributed by atoms with Gasteiger partial charge in [-0.05, 0) is 49.4 Å². The minimum atomic E-state index is 0.0578. The number of carbonyl (C=O) groups excluding carboxylic acids is 1. The van der Waals surface area contributed by atoms with Crippen molar-refractivity contribution in [2.24, 2.45) is 5.92 Å². The molecule has 0 spiro atoms. The SMILES string of the molecule is CCC(NC(=O)CNCC1CC1)c1ccc(Cl)cc1. The summed E-state index contributed by atoms with van der Waals surface area (Å²) < 4.78 is 0. The monoisotopic (exact) mass is 280 g/mol. The first-order valence-electron chi connectivity index (χ1n) is 6.94. The van der Waals surface area contributed by atoms with Crippen LogP contribution in [0, 0.1) is 5.92 Å². The first-order valence-corrected chi connectivity index (χ1v) is 7.32.